The molecule has 0 N–H and O–H groups in total. The Labute approximate surface area is 277 Å². The van der Waals surface area contributed by atoms with Gasteiger partial charge in [0.05, 0.1) is 0 Å². The molecule has 0 fully saturated rings. The van der Waals surface area contributed by atoms with E-state index < -0.39 is 22.8 Å². The first-order chi connectivity index (χ1) is 21.2. The van der Waals surface area contributed by atoms with Crippen molar-refractivity contribution in [2.45, 2.75) is 89.1 Å². The van der Waals surface area contributed by atoms with Gasteiger partial charge in [-0.1, -0.05) is 0 Å². The Hall–Kier alpha value is -2.89. The molecule has 0 radical (unpaired) electrons. The van der Waals surface area contributed by atoms with E-state index in [0.717, 1.165) is 6.42 Å². The van der Waals surface area contributed by atoms with Gasteiger partial charge in [0.1, 0.15) is 0 Å². The molecule has 1 unspecified atom stereocenters. The van der Waals surface area contributed by atoms with E-state index in [-0.39, 0.29) is 0 Å². The molecule has 0 nitrogen and oxygen atoms in total. The van der Waals surface area contributed by atoms with E-state index in [0.29, 0.717) is 27.3 Å². The monoisotopic (exact) mass is 653 g/mol. The molecule has 2 aliphatic carbocycles. The first-order valence-electron chi connectivity index (χ1n) is 16.7. The van der Waals surface area contributed by atoms with Crippen LogP contribution < -0.4 is 0 Å². The van der Waals surface area contributed by atoms with E-state index >= 15 is 0 Å². The molecule has 1 heteroatoms. The molecule has 2 aliphatic rings. The summed E-state index contributed by atoms with van der Waals surface area (Å²) in [6.45, 7) is 19.4. The molecule has 0 heterocycles. The van der Waals surface area contributed by atoms with E-state index in [2.05, 4.69) is 152 Å². The number of benzene rings is 4. The molecule has 0 saturated carbocycles. The zero-order chi connectivity index (χ0) is 31.1. The van der Waals surface area contributed by atoms with Crippen molar-refractivity contribution in [2.24, 2.45) is 0 Å². The number of rotatable bonds is 8. The van der Waals surface area contributed by atoms with Crippen LogP contribution in [-0.4, -0.2) is 3.21 Å². The molecule has 4 aromatic carbocycles. The summed E-state index contributed by atoms with van der Waals surface area (Å²) < 4.78 is 2.05. The topological polar surface area (TPSA) is 0 Å². The summed E-state index contributed by atoms with van der Waals surface area (Å²) in [6.07, 6.45) is 8.11. The van der Waals surface area contributed by atoms with Gasteiger partial charge in [-0.2, -0.15) is 0 Å². The Morgan fingerprint density at radius 3 is 1.66 bits per heavy atom. The minimum atomic E-state index is -1.25. The fourth-order valence-electron chi connectivity index (χ4n) is 7.78. The van der Waals surface area contributed by atoms with Crippen molar-refractivity contribution in [3.05, 3.63) is 147 Å². The Morgan fingerprint density at radius 2 is 1.16 bits per heavy atom. The molecular weight excluding hydrogens is 608 g/mol. The van der Waals surface area contributed by atoms with Crippen molar-refractivity contribution in [3.63, 3.8) is 0 Å². The molecule has 1 atom stereocenters. The van der Waals surface area contributed by atoms with Gasteiger partial charge in [-0.3, -0.25) is 0 Å². The summed E-state index contributed by atoms with van der Waals surface area (Å²) in [6, 6.07) is 29.8. The van der Waals surface area contributed by atoms with Gasteiger partial charge in [-0.05, 0) is 0 Å². The number of allylic oxidation sites excluding steroid dienone is 4. The molecule has 0 amide bonds. The van der Waals surface area contributed by atoms with Crippen molar-refractivity contribution in [1.29, 1.82) is 0 Å². The normalized spacial score (nSPS) is 15.3. The van der Waals surface area contributed by atoms with Crippen molar-refractivity contribution < 1.29 is 22.8 Å². The Morgan fingerprint density at radius 1 is 0.591 bits per heavy atom. The van der Waals surface area contributed by atoms with Crippen LogP contribution in [0.3, 0.4) is 0 Å². The summed E-state index contributed by atoms with van der Waals surface area (Å²) in [4.78, 5) is 0. The Balaban J connectivity index is 1.82. The van der Waals surface area contributed by atoms with E-state index in [1.807, 2.05) is 0 Å². The maximum absolute atomic E-state index is 2.50. The molecule has 0 spiro atoms. The summed E-state index contributed by atoms with van der Waals surface area (Å²) in [7, 11) is 0. The van der Waals surface area contributed by atoms with Gasteiger partial charge in [-0.25, -0.2) is 0 Å². The van der Waals surface area contributed by atoms with Crippen molar-refractivity contribution in [2.75, 3.05) is 0 Å². The third-order valence-electron chi connectivity index (χ3n) is 9.50. The zero-order valence-electron chi connectivity index (χ0n) is 27.8. The van der Waals surface area contributed by atoms with Gasteiger partial charge in [0, 0.05) is 0 Å². The van der Waals surface area contributed by atoms with Crippen LogP contribution in [0.1, 0.15) is 139 Å². The average molecular weight is 655 g/mol. The molecule has 6 rings (SSSR count). The molecular formula is C43H47Zr. The van der Waals surface area contributed by atoms with Gasteiger partial charge in [0.15, 0.2) is 0 Å². The molecule has 223 valence electrons. The fraction of sp³-hybridized carbons (Fsp3) is 0.326. The second-order valence-electron chi connectivity index (χ2n) is 13.8. The number of fused-ring (bicyclic) bond motifs is 3. The van der Waals surface area contributed by atoms with Crippen LogP contribution in [0.25, 0.3) is 16.7 Å². The quantitative estimate of drug-likeness (QED) is 0.177. The second kappa shape index (κ2) is 12.8. The third kappa shape index (κ3) is 5.45. The van der Waals surface area contributed by atoms with Crippen molar-refractivity contribution in [3.8, 4) is 11.1 Å². The van der Waals surface area contributed by atoms with Crippen molar-refractivity contribution >= 4 is 8.78 Å². The minimum absolute atomic E-state index is 0.449. The predicted molar refractivity (Wildman–Crippen MR) is 188 cm³/mol. The number of hydrogen-bond acceptors (Lipinski definition) is 0. The first kappa shape index (κ1) is 31.1. The summed E-state index contributed by atoms with van der Waals surface area (Å²) in [5, 5.41) is 0. The van der Waals surface area contributed by atoms with Gasteiger partial charge in [0.2, 0.25) is 0 Å². The standard InChI is InChI=1S/C30H37.C13H10.Zr/c1-17(2)23-15-11-14-22-16-24-28(21-12-9-10-13-21)26(19(5)6)25(18(3)4)27(20(7)8)30(24)29(22)23;1-3-7-12(8-4-1)11-13-9-5-2-6-10-13;/h9-12,14-20H,13H2,1-8H3;1-10H;. The van der Waals surface area contributed by atoms with Crippen LogP contribution in [-0.2, 0) is 22.8 Å². The Kier molecular flexibility index (Phi) is 9.08. The summed E-state index contributed by atoms with van der Waals surface area (Å²) in [5.74, 6) is 1.84. The molecule has 4 aromatic rings. The predicted octanol–water partition coefficient (Wildman–Crippen LogP) is 11.9. The second-order valence-corrected chi connectivity index (χ2v) is 17.2. The van der Waals surface area contributed by atoms with Crippen LogP contribution in [0.4, 0.5) is 0 Å². The summed E-state index contributed by atoms with van der Waals surface area (Å²) in [5.41, 5.74) is 18.7. The Bertz CT molecular complexity index is 1720. The first-order valence-corrected chi connectivity index (χ1v) is 19.3. The molecule has 0 aromatic heterocycles. The van der Waals surface area contributed by atoms with Gasteiger partial charge < -0.3 is 0 Å². The zero-order valence-corrected chi connectivity index (χ0v) is 30.3. The molecule has 0 saturated heterocycles. The molecule has 0 bridgehead atoms. The molecule has 44 heavy (non-hydrogen) atoms. The third-order valence-corrected chi connectivity index (χ3v) is 13.8. The number of hydrogen-bond donors (Lipinski definition) is 0. The van der Waals surface area contributed by atoms with Gasteiger partial charge in [-0.15, -0.1) is 0 Å². The maximum atomic E-state index is 2.50. The van der Waals surface area contributed by atoms with Gasteiger partial charge >= 0.3 is 279 Å². The van der Waals surface area contributed by atoms with E-state index in [1.54, 1.807) is 47.7 Å². The van der Waals surface area contributed by atoms with Crippen LogP contribution in [0, 0.1) is 0 Å². The van der Waals surface area contributed by atoms with Gasteiger partial charge in [0.25, 0.3) is 0 Å². The van der Waals surface area contributed by atoms with Crippen molar-refractivity contribution in [1.82, 2.24) is 0 Å². The van der Waals surface area contributed by atoms with E-state index in [9.17, 15) is 0 Å². The van der Waals surface area contributed by atoms with Crippen LogP contribution in [0.5, 0.6) is 0 Å². The SMILES string of the molecule is CC(C)c1cccc2c1-c1c(C(C)C)c(C(C)C)c(C(C)C)c(C3=CC=CC3)c1[CH]2[Zr]=[C](c1ccccc1)c1ccccc1. The van der Waals surface area contributed by atoms with E-state index in [1.165, 1.54) is 22.3 Å². The summed E-state index contributed by atoms with van der Waals surface area (Å²) >= 11 is -1.25. The average Bonchev–Trinajstić information content (AvgIpc) is 3.66. The molecule has 0 aliphatic heterocycles. The van der Waals surface area contributed by atoms with Crippen LogP contribution in [0.15, 0.2) is 97.1 Å². The van der Waals surface area contributed by atoms with E-state index in [4.69, 9.17) is 0 Å². The van der Waals surface area contributed by atoms with Crippen LogP contribution in [0.2, 0.25) is 0 Å². The fourth-order valence-corrected chi connectivity index (χ4v) is 12.2. The van der Waals surface area contributed by atoms with Crippen LogP contribution >= 0.6 is 0 Å².